The van der Waals surface area contributed by atoms with E-state index < -0.39 is 51.8 Å². The Morgan fingerprint density at radius 2 is 1.06 bits per heavy atom. The van der Waals surface area contributed by atoms with Crippen LogP contribution in [0, 0.1) is 0 Å². The number of phosphoric ester groups is 1. The summed E-state index contributed by atoms with van der Waals surface area (Å²) in [5.41, 5.74) is 0. The minimum Gasteiger partial charge on any atom is -0.462 e. The summed E-state index contributed by atoms with van der Waals surface area (Å²) >= 11 is 0. The highest BCUT2D eigenvalue weighted by atomic mass is 31.2. The first-order valence-corrected chi connectivity index (χ1v) is 20.9. The van der Waals surface area contributed by atoms with Crippen LogP contribution in [-0.4, -0.2) is 65.7 Å². The molecule has 0 spiro atoms. The average molecular weight is 753 g/mol. The fourth-order valence-electron chi connectivity index (χ4n) is 4.59. The van der Waals surface area contributed by atoms with Gasteiger partial charge in [-0.25, -0.2) is 4.57 Å². The number of rotatable bonds is 35. The highest BCUT2D eigenvalue weighted by Gasteiger charge is 2.27. The first-order chi connectivity index (χ1) is 25.2. The molecule has 0 rings (SSSR count). The Bertz CT molecular complexity index is 1100. The zero-order valence-corrected chi connectivity index (χ0v) is 32.9. The van der Waals surface area contributed by atoms with Crippen LogP contribution in [0.5, 0.6) is 0 Å². The van der Waals surface area contributed by atoms with Crippen LogP contribution in [0.2, 0.25) is 0 Å². The summed E-state index contributed by atoms with van der Waals surface area (Å²) in [7, 11) is -4.63. The topological polar surface area (TPSA) is 149 Å². The van der Waals surface area contributed by atoms with Crippen molar-refractivity contribution in [1.29, 1.82) is 0 Å². The number of esters is 2. The third-order valence-corrected chi connectivity index (χ3v) is 8.55. The maximum atomic E-state index is 12.5. The van der Waals surface area contributed by atoms with Gasteiger partial charge in [0, 0.05) is 12.8 Å². The van der Waals surface area contributed by atoms with Crippen molar-refractivity contribution < 1.29 is 47.8 Å². The molecule has 0 amide bonds. The van der Waals surface area contributed by atoms with E-state index in [2.05, 4.69) is 91.3 Å². The zero-order valence-electron chi connectivity index (χ0n) is 32.0. The molecule has 10 nitrogen and oxygen atoms in total. The van der Waals surface area contributed by atoms with Gasteiger partial charge in [0.2, 0.25) is 0 Å². The van der Waals surface area contributed by atoms with E-state index in [-0.39, 0.29) is 19.4 Å². The van der Waals surface area contributed by atoms with E-state index in [1.807, 2.05) is 0 Å². The number of phosphoric acid groups is 1. The van der Waals surface area contributed by atoms with E-state index in [9.17, 15) is 24.2 Å². The van der Waals surface area contributed by atoms with Gasteiger partial charge in [0.15, 0.2) is 6.10 Å². The van der Waals surface area contributed by atoms with Crippen molar-refractivity contribution in [3.05, 3.63) is 72.9 Å². The Morgan fingerprint density at radius 3 is 1.63 bits per heavy atom. The molecular weight excluding hydrogens is 683 g/mol. The number of allylic oxidation sites excluding steroid dienone is 12. The molecule has 1 unspecified atom stereocenters. The van der Waals surface area contributed by atoms with Gasteiger partial charge in [0.1, 0.15) is 12.7 Å². The fraction of sp³-hybridized carbons (Fsp3) is 0.659. The number of hydrogen-bond acceptors (Lipinski definition) is 9. The molecule has 11 heteroatoms. The second-order valence-corrected chi connectivity index (χ2v) is 14.0. The molecule has 52 heavy (non-hydrogen) atoms. The van der Waals surface area contributed by atoms with E-state index in [0.29, 0.717) is 12.8 Å². The summed E-state index contributed by atoms with van der Waals surface area (Å²) in [6, 6.07) is 0. The van der Waals surface area contributed by atoms with Crippen LogP contribution in [0.4, 0.5) is 0 Å². The summed E-state index contributed by atoms with van der Waals surface area (Å²) in [6.45, 7) is 2.12. The minimum absolute atomic E-state index is 0.125. The summed E-state index contributed by atoms with van der Waals surface area (Å²) in [6.07, 6.45) is 40.2. The molecule has 0 aliphatic carbocycles. The Balaban J connectivity index is 4.48. The Morgan fingerprint density at radius 1 is 0.596 bits per heavy atom. The van der Waals surface area contributed by atoms with Crippen molar-refractivity contribution in [2.45, 2.75) is 148 Å². The van der Waals surface area contributed by atoms with Crippen LogP contribution in [0.1, 0.15) is 136 Å². The number of unbranched alkanes of at least 4 members (excludes halogenated alkanes) is 9. The molecule has 0 fully saturated rings. The molecule has 0 saturated carbocycles. The molecule has 0 bridgehead atoms. The van der Waals surface area contributed by atoms with Gasteiger partial charge in [0.25, 0.3) is 0 Å². The molecule has 3 atom stereocenters. The Kier molecular flexibility index (Phi) is 34.9. The standard InChI is InChI=1S/C41H69O10P/c1-3-5-7-9-11-13-15-17-19-21-23-25-27-29-31-33-41(45)51-39(37-50-52(46,47)49-35-38(43)34-42)36-48-40(44)32-30-28-26-24-22-20-18-16-14-12-10-8-6-4-2/h5,7,10-13,16-19,23,25,38-39,42-43H,3-4,6,8-9,14-15,20-22,24,26-37H2,1-2H3,(H,46,47)/b7-5-,12-10-,13-11-,18-16-,19-17-,25-23-/t38-,39+/m0/s1. The van der Waals surface area contributed by atoms with Gasteiger partial charge in [-0.3, -0.25) is 18.6 Å². The lowest BCUT2D eigenvalue weighted by molar-refractivity contribution is -0.161. The number of aliphatic hydroxyl groups excluding tert-OH is 2. The number of carbonyl (C=O) groups excluding carboxylic acids is 2. The average Bonchev–Trinajstić information content (AvgIpc) is 3.13. The van der Waals surface area contributed by atoms with Gasteiger partial charge in [-0.05, 0) is 77.0 Å². The molecular formula is C41H69O10P. The highest BCUT2D eigenvalue weighted by molar-refractivity contribution is 7.47. The molecule has 0 aromatic carbocycles. The maximum Gasteiger partial charge on any atom is 0.472 e. The van der Waals surface area contributed by atoms with Crippen LogP contribution >= 0.6 is 7.82 Å². The van der Waals surface area contributed by atoms with E-state index in [1.54, 1.807) is 0 Å². The third kappa shape index (κ3) is 35.8. The van der Waals surface area contributed by atoms with Crippen molar-refractivity contribution in [1.82, 2.24) is 0 Å². The first kappa shape index (κ1) is 49.4. The second kappa shape index (κ2) is 36.8. The summed E-state index contributed by atoms with van der Waals surface area (Å²) in [5.74, 6) is -0.999. The molecule has 0 radical (unpaired) electrons. The fourth-order valence-corrected chi connectivity index (χ4v) is 5.38. The van der Waals surface area contributed by atoms with Gasteiger partial charge in [-0.2, -0.15) is 0 Å². The number of carbonyl (C=O) groups is 2. The molecule has 298 valence electrons. The van der Waals surface area contributed by atoms with Crippen molar-refractivity contribution >= 4 is 19.8 Å². The van der Waals surface area contributed by atoms with E-state index >= 15 is 0 Å². The van der Waals surface area contributed by atoms with E-state index in [4.69, 9.17) is 19.1 Å². The lowest BCUT2D eigenvalue weighted by Crippen LogP contribution is -2.29. The van der Waals surface area contributed by atoms with Crippen LogP contribution in [-0.2, 0) is 32.7 Å². The van der Waals surface area contributed by atoms with Crippen molar-refractivity contribution in [3.63, 3.8) is 0 Å². The van der Waals surface area contributed by atoms with Crippen LogP contribution in [0.15, 0.2) is 72.9 Å². The predicted octanol–water partition coefficient (Wildman–Crippen LogP) is 9.72. The highest BCUT2D eigenvalue weighted by Crippen LogP contribution is 2.43. The van der Waals surface area contributed by atoms with Gasteiger partial charge in [0.05, 0.1) is 19.8 Å². The zero-order chi connectivity index (χ0) is 38.4. The summed E-state index contributed by atoms with van der Waals surface area (Å²) < 4.78 is 32.5. The van der Waals surface area contributed by atoms with Crippen molar-refractivity contribution in [3.8, 4) is 0 Å². The van der Waals surface area contributed by atoms with Gasteiger partial charge >= 0.3 is 19.8 Å². The minimum atomic E-state index is -4.63. The Labute approximate surface area is 314 Å². The largest absolute Gasteiger partial charge is 0.472 e. The molecule has 3 N–H and O–H groups in total. The quantitative estimate of drug-likeness (QED) is 0.0247. The van der Waals surface area contributed by atoms with Gasteiger partial charge in [-0.15, -0.1) is 0 Å². The van der Waals surface area contributed by atoms with Crippen molar-refractivity contribution in [2.24, 2.45) is 0 Å². The lowest BCUT2D eigenvalue weighted by Gasteiger charge is -2.20. The van der Waals surface area contributed by atoms with Gasteiger partial charge in [-0.1, -0.05) is 119 Å². The SMILES string of the molecule is CC/C=C\C/C=C\C/C=C\C/C=C\CCCCC(=O)O[C@H](COC(=O)CCCCCCC/C=C\C/C=C\CCCC)COP(=O)(O)OC[C@@H](O)CO. The molecule has 0 aromatic heterocycles. The molecule has 0 aromatic rings. The summed E-state index contributed by atoms with van der Waals surface area (Å²) in [5, 5.41) is 18.3. The van der Waals surface area contributed by atoms with Crippen LogP contribution in [0.25, 0.3) is 0 Å². The van der Waals surface area contributed by atoms with Crippen LogP contribution in [0.3, 0.4) is 0 Å². The lowest BCUT2D eigenvalue weighted by atomic mass is 10.1. The molecule has 0 heterocycles. The summed E-state index contributed by atoms with van der Waals surface area (Å²) in [4.78, 5) is 34.8. The second-order valence-electron chi connectivity index (χ2n) is 12.6. The van der Waals surface area contributed by atoms with E-state index in [0.717, 1.165) is 83.5 Å². The Hall–Kier alpha value is -2.59. The predicted molar refractivity (Wildman–Crippen MR) is 210 cm³/mol. The number of aliphatic hydroxyl groups is 2. The third-order valence-electron chi connectivity index (χ3n) is 7.59. The van der Waals surface area contributed by atoms with E-state index in [1.165, 1.54) is 12.8 Å². The molecule has 0 saturated heterocycles. The van der Waals surface area contributed by atoms with Crippen molar-refractivity contribution in [2.75, 3.05) is 26.4 Å². The monoisotopic (exact) mass is 752 g/mol. The molecule has 0 aliphatic heterocycles. The van der Waals surface area contributed by atoms with Gasteiger partial charge < -0.3 is 24.6 Å². The molecule has 0 aliphatic rings. The van der Waals surface area contributed by atoms with Crippen LogP contribution < -0.4 is 0 Å². The first-order valence-electron chi connectivity index (χ1n) is 19.4. The normalized spacial score (nSPS) is 14.8. The smallest absolute Gasteiger partial charge is 0.462 e. The maximum absolute atomic E-state index is 12.5. The number of hydrogen-bond donors (Lipinski definition) is 3. The number of ether oxygens (including phenoxy) is 2.